The predicted molar refractivity (Wildman–Crippen MR) is 97.9 cm³/mol. The highest BCUT2D eigenvalue weighted by molar-refractivity contribution is 9.10. The number of hydrogen-bond acceptors (Lipinski definition) is 4. The molecule has 0 spiro atoms. The van der Waals surface area contributed by atoms with Gasteiger partial charge in [-0.3, -0.25) is 0 Å². The van der Waals surface area contributed by atoms with Gasteiger partial charge in [0.05, 0.1) is 24.4 Å². The summed E-state index contributed by atoms with van der Waals surface area (Å²) in [5.74, 6) is 1.31. The average Bonchev–Trinajstić information content (AvgIpc) is 2.50. The molecule has 0 heterocycles. The lowest BCUT2D eigenvalue weighted by atomic mass is 10.2. The number of thiocarbonyl (C=S) groups is 1. The van der Waals surface area contributed by atoms with Gasteiger partial charge in [0.15, 0.2) is 5.11 Å². The van der Waals surface area contributed by atoms with Crippen molar-refractivity contribution in [1.29, 1.82) is 0 Å². The van der Waals surface area contributed by atoms with Crippen LogP contribution in [0.2, 0.25) is 0 Å². The van der Waals surface area contributed by atoms with Crippen molar-refractivity contribution in [2.24, 2.45) is 0 Å². The Balaban J connectivity index is 2.14. The van der Waals surface area contributed by atoms with E-state index in [9.17, 15) is 0 Å². The largest absolute Gasteiger partial charge is 0.495 e. The van der Waals surface area contributed by atoms with Crippen molar-refractivity contribution >= 4 is 50.3 Å². The number of methoxy groups -OCH3 is 2. The number of nitrogens with two attached hydrogens (primary N) is 1. The van der Waals surface area contributed by atoms with Gasteiger partial charge in [0.1, 0.15) is 11.5 Å². The first-order valence-corrected chi connectivity index (χ1v) is 7.58. The Bertz CT molecular complexity index is 677. The number of anilines is 3. The summed E-state index contributed by atoms with van der Waals surface area (Å²) < 4.78 is 11.4. The Labute approximate surface area is 142 Å². The molecule has 0 aliphatic rings. The monoisotopic (exact) mass is 381 g/mol. The third kappa shape index (κ3) is 4.02. The Morgan fingerprint density at radius 2 is 1.68 bits per heavy atom. The SMILES string of the molecule is COc1cc(OC)c(NC(=S)Nc2ccc(N)cc2)cc1Br. The van der Waals surface area contributed by atoms with Crippen LogP contribution in [0, 0.1) is 0 Å². The van der Waals surface area contributed by atoms with E-state index in [4.69, 9.17) is 27.4 Å². The number of halogens is 1. The van der Waals surface area contributed by atoms with E-state index in [0.29, 0.717) is 22.3 Å². The summed E-state index contributed by atoms with van der Waals surface area (Å²) in [5, 5.41) is 6.62. The molecule has 116 valence electrons. The maximum Gasteiger partial charge on any atom is 0.175 e. The highest BCUT2D eigenvalue weighted by atomic mass is 79.9. The first-order chi connectivity index (χ1) is 10.5. The Morgan fingerprint density at radius 1 is 1.05 bits per heavy atom. The van der Waals surface area contributed by atoms with Gasteiger partial charge in [-0.05, 0) is 58.5 Å². The normalized spacial score (nSPS) is 9.95. The molecule has 2 aromatic rings. The molecular weight excluding hydrogens is 366 g/mol. The molecule has 0 saturated heterocycles. The highest BCUT2D eigenvalue weighted by Crippen LogP contribution is 2.36. The van der Waals surface area contributed by atoms with Crippen molar-refractivity contribution in [3.8, 4) is 11.5 Å². The van der Waals surface area contributed by atoms with Crippen LogP contribution in [0.3, 0.4) is 0 Å². The predicted octanol–water partition coefficient (Wildman–Crippen LogP) is 3.86. The zero-order chi connectivity index (χ0) is 16.1. The minimum atomic E-state index is 0.445. The van der Waals surface area contributed by atoms with Crippen molar-refractivity contribution in [1.82, 2.24) is 0 Å². The van der Waals surface area contributed by atoms with Crippen LogP contribution in [-0.2, 0) is 0 Å². The van der Waals surface area contributed by atoms with Crippen LogP contribution in [0.25, 0.3) is 0 Å². The number of rotatable bonds is 4. The van der Waals surface area contributed by atoms with Crippen LogP contribution >= 0.6 is 28.1 Å². The Kier molecular flexibility index (Phi) is 5.46. The first-order valence-electron chi connectivity index (χ1n) is 6.38. The second-order valence-corrected chi connectivity index (χ2v) is 5.65. The molecule has 2 aromatic carbocycles. The fourth-order valence-corrected chi connectivity index (χ4v) is 2.54. The molecule has 7 heteroatoms. The van der Waals surface area contributed by atoms with Crippen LogP contribution in [-0.4, -0.2) is 19.3 Å². The summed E-state index contributed by atoms with van der Waals surface area (Å²) in [4.78, 5) is 0. The van der Waals surface area contributed by atoms with Gasteiger partial charge in [-0.2, -0.15) is 0 Å². The molecule has 2 rings (SSSR count). The molecule has 4 N–H and O–H groups in total. The lowest BCUT2D eigenvalue weighted by molar-refractivity contribution is 0.394. The van der Waals surface area contributed by atoms with E-state index in [1.807, 2.05) is 18.2 Å². The van der Waals surface area contributed by atoms with Crippen molar-refractivity contribution in [3.05, 3.63) is 40.9 Å². The number of nitrogen functional groups attached to an aromatic ring is 1. The van der Waals surface area contributed by atoms with Crippen molar-refractivity contribution in [2.45, 2.75) is 0 Å². The molecule has 0 radical (unpaired) electrons. The van der Waals surface area contributed by atoms with E-state index >= 15 is 0 Å². The molecule has 0 unspecified atom stereocenters. The summed E-state index contributed by atoms with van der Waals surface area (Å²) in [6, 6.07) is 10.9. The van der Waals surface area contributed by atoms with Gasteiger partial charge in [-0.15, -0.1) is 0 Å². The molecule has 0 fully saturated rings. The van der Waals surface area contributed by atoms with Gasteiger partial charge in [-0.1, -0.05) is 0 Å². The summed E-state index contributed by atoms with van der Waals surface area (Å²) in [5.41, 5.74) is 7.92. The third-order valence-electron chi connectivity index (χ3n) is 2.89. The summed E-state index contributed by atoms with van der Waals surface area (Å²) in [7, 11) is 3.18. The number of hydrogen-bond donors (Lipinski definition) is 3. The van der Waals surface area contributed by atoms with E-state index in [1.165, 1.54) is 0 Å². The van der Waals surface area contributed by atoms with Crippen LogP contribution in [0.4, 0.5) is 17.1 Å². The van der Waals surface area contributed by atoms with Crippen LogP contribution in [0.1, 0.15) is 0 Å². The van der Waals surface area contributed by atoms with Crippen molar-refractivity contribution < 1.29 is 9.47 Å². The second-order valence-electron chi connectivity index (χ2n) is 4.39. The van der Waals surface area contributed by atoms with Gasteiger partial charge in [-0.25, -0.2) is 0 Å². The van der Waals surface area contributed by atoms with E-state index in [2.05, 4.69) is 26.6 Å². The molecular formula is C15H16BrN3O2S. The lowest BCUT2D eigenvalue weighted by Gasteiger charge is -2.15. The molecule has 0 aliphatic heterocycles. The summed E-state index contributed by atoms with van der Waals surface area (Å²) >= 11 is 8.74. The fraction of sp³-hybridized carbons (Fsp3) is 0.133. The minimum Gasteiger partial charge on any atom is -0.495 e. The zero-order valence-electron chi connectivity index (χ0n) is 12.1. The van der Waals surface area contributed by atoms with Crippen molar-refractivity contribution in [3.63, 3.8) is 0 Å². The highest BCUT2D eigenvalue weighted by Gasteiger charge is 2.11. The number of ether oxygens (including phenoxy) is 2. The second kappa shape index (κ2) is 7.33. The Morgan fingerprint density at radius 3 is 2.27 bits per heavy atom. The average molecular weight is 382 g/mol. The van der Waals surface area contributed by atoms with E-state index < -0.39 is 0 Å². The molecule has 5 nitrogen and oxygen atoms in total. The smallest absolute Gasteiger partial charge is 0.175 e. The fourth-order valence-electron chi connectivity index (χ4n) is 1.81. The van der Waals surface area contributed by atoms with Crippen LogP contribution in [0.15, 0.2) is 40.9 Å². The van der Waals surface area contributed by atoms with Gasteiger partial charge < -0.3 is 25.8 Å². The molecule has 0 aliphatic carbocycles. The van der Waals surface area contributed by atoms with Crippen LogP contribution < -0.4 is 25.8 Å². The summed E-state index contributed by atoms with van der Waals surface area (Å²) in [6.45, 7) is 0. The van der Waals surface area contributed by atoms with E-state index in [-0.39, 0.29) is 0 Å². The van der Waals surface area contributed by atoms with Gasteiger partial charge in [0, 0.05) is 17.4 Å². The molecule has 22 heavy (non-hydrogen) atoms. The van der Waals surface area contributed by atoms with Gasteiger partial charge in [0.25, 0.3) is 0 Å². The standard InChI is InChI=1S/C15H16BrN3O2S/c1-20-13-8-14(21-2)12(7-11(13)16)19-15(22)18-10-5-3-9(17)4-6-10/h3-8H,17H2,1-2H3,(H2,18,19,22). The molecule has 0 saturated carbocycles. The van der Waals surface area contributed by atoms with Crippen molar-refractivity contribution in [2.75, 3.05) is 30.6 Å². The maximum atomic E-state index is 5.65. The topological polar surface area (TPSA) is 68.5 Å². The zero-order valence-corrected chi connectivity index (χ0v) is 14.5. The molecule has 0 amide bonds. The van der Waals surface area contributed by atoms with Gasteiger partial charge >= 0.3 is 0 Å². The first kappa shape index (κ1) is 16.4. The number of nitrogens with one attached hydrogen (secondary N) is 2. The minimum absolute atomic E-state index is 0.445. The summed E-state index contributed by atoms with van der Waals surface area (Å²) in [6.07, 6.45) is 0. The third-order valence-corrected chi connectivity index (χ3v) is 3.71. The molecule has 0 atom stereocenters. The van der Waals surface area contributed by atoms with Crippen LogP contribution in [0.5, 0.6) is 11.5 Å². The Hall–Kier alpha value is -1.99. The quantitative estimate of drug-likeness (QED) is 0.551. The van der Waals surface area contributed by atoms with E-state index in [1.54, 1.807) is 32.4 Å². The van der Waals surface area contributed by atoms with Gasteiger partial charge in [0.2, 0.25) is 0 Å². The number of benzene rings is 2. The molecule has 0 bridgehead atoms. The lowest BCUT2D eigenvalue weighted by Crippen LogP contribution is -2.19. The van der Waals surface area contributed by atoms with E-state index in [0.717, 1.165) is 15.8 Å². The molecule has 0 aromatic heterocycles. The maximum absolute atomic E-state index is 5.65.